The molecule has 0 bridgehead atoms. The summed E-state index contributed by atoms with van der Waals surface area (Å²) in [4.78, 5) is 23.0. The fourth-order valence-corrected chi connectivity index (χ4v) is 1.14. The number of hydrogen-bond donors (Lipinski definition) is 2. The summed E-state index contributed by atoms with van der Waals surface area (Å²) in [5, 5.41) is 4.91. The zero-order valence-electron chi connectivity index (χ0n) is 9.57. The SMILES string of the molecule is C=C/C(=C\C)NC(=O)C(=O)Nc1ccccc1. The van der Waals surface area contributed by atoms with Crippen LogP contribution in [0.25, 0.3) is 0 Å². The molecule has 0 aliphatic carbocycles. The molecule has 1 aromatic rings. The first kappa shape index (κ1) is 12.7. The summed E-state index contributed by atoms with van der Waals surface area (Å²) in [7, 11) is 0. The smallest absolute Gasteiger partial charge is 0.314 e. The Morgan fingerprint density at radius 3 is 2.35 bits per heavy atom. The van der Waals surface area contributed by atoms with Gasteiger partial charge in [0.25, 0.3) is 0 Å². The fourth-order valence-electron chi connectivity index (χ4n) is 1.14. The molecule has 0 unspecified atom stereocenters. The minimum Gasteiger partial charge on any atom is -0.318 e. The van der Waals surface area contributed by atoms with Crippen LogP contribution in [0.2, 0.25) is 0 Å². The third kappa shape index (κ3) is 3.95. The van der Waals surface area contributed by atoms with Crippen LogP contribution in [0.3, 0.4) is 0 Å². The molecule has 17 heavy (non-hydrogen) atoms. The summed E-state index contributed by atoms with van der Waals surface area (Å²) in [6.07, 6.45) is 3.12. The molecule has 0 saturated carbocycles. The summed E-state index contributed by atoms with van der Waals surface area (Å²) < 4.78 is 0. The lowest BCUT2D eigenvalue weighted by molar-refractivity contribution is -0.135. The van der Waals surface area contributed by atoms with Crippen LogP contribution in [0.4, 0.5) is 5.69 Å². The van der Waals surface area contributed by atoms with Crippen LogP contribution >= 0.6 is 0 Å². The number of allylic oxidation sites excluding steroid dienone is 2. The number of amides is 2. The van der Waals surface area contributed by atoms with E-state index in [-0.39, 0.29) is 0 Å². The highest BCUT2D eigenvalue weighted by atomic mass is 16.2. The maximum absolute atomic E-state index is 11.5. The van der Waals surface area contributed by atoms with Crippen molar-refractivity contribution in [1.29, 1.82) is 0 Å². The first-order valence-corrected chi connectivity index (χ1v) is 5.13. The van der Waals surface area contributed by atoms with Crippen molar-refractivity contribution in [2.75, 3.05) is 5.32 Å². The molecule has 0 saturated heterocycles. The normalized spacial score (nSPS) is 10.5. The standard InChI is InChI=1S/C13H14N2O2/c1-3-10(4-2)14-12(16)13(17)15-11-8-6-5-7-9-11/h3-9H,1H2,2H3,(H,14,16)(H,15,17)/b10-4+. The molecule has 0 spiro atoms. The van der Waals surface area contributed by atoms with Gasteiger partial charge in [-0.3, -0.25) is 9.59 Å². The molecule has 0 fully saturated rings. The quantitative estimate of drug-likeness (QED) is 0.614. The lowest BCUT2D eigenvalue weighted by atomic mass is 10.3. The highest BCUT2D eigenvalue weighted by Crippen LogP contribution is 2.04. The molecule has 0 aromatic heterocycles. The minimum absolute atomic E-state index is 0.498. The maximum Gasteiger partial charge on any atom is 0.314 e. The van der Waals surface area contributed by atoms with Crippen LogP contribution in [0, 0.1) is 0 Å². The van der Waals surface area contributed by atoms with E-state index in [1.165, 1.54) is 6.08 Å². The highest BCUT2D eigenvalue weighted by Gasteiger charge is 2.13. The fraction of sp³-hybridized carbons (Fsp3) is 0.0769. The monoisotopic (exact) mass is 230 g/mol. The van der Waals surface area contributed by atoms with Crippen molar-refractivity contribution >= 4 is 17.5 Å². The van der Waals surface area contributed by atoms with Crippen molar-refractivity contribution in [3.63, 3.8) is 0 Å². The molecule has 4 nitrogen and oxygen atoms in total. The molecule has 0 heterocycles. The Kier molecular flexibility index (Phi) is 4.69. The first-order chi connectivity index (χ1) is 8.17. The van der Waals surface area contributed by atoms with Gasteiger partial charge in [-0.25, -0.2) is 0 Å². The number of anilines is 1. The largest absolute Gasteiger partial charge is 0.318 e. The molecule has 0 aliphatic heterocycles. The lowest BCUT2D eigenvalue weighted by Crippen LogP contribution is -2.34. The number of nitrogens with one attached hydrogen (secondary N) is 2. The molecule has 0 aliphatic rings. The number of benzene rings is 1. The third-order valence-corrected chi connectivity index (χ3v) is 2.03. The summed E-state index contributed by atoms with van der Waals surface area (Å²) >= 11 is 0. The van der Waals surface area contributed by atoms with Crippen molar-refractivity contribution in [3.05, 3.63) is 54.8 Å². The van der Waals surface area contributed by atoms with Crippen molar-refractivity contribution < 1.29 is 9.59 Å². The molecule has 1 aromatic carbocycles. The molecular formula is C13H14N2O2. The second-order valence-corrected chi connectivity index (χ2v) is 3.22. The van der Waals surface area contributed by atoms with Crippen molar-refractivity contribution in [2.45, 2.75) is 6.92 Å². The van der Waals surface area contributed by atoms with Gasteiger partial charge in [0.05, 0.1) is 0 Å². The minimum atomic E-state index is -0.721. The van der Waals surface area contributed by atoms with Gasteiger partial charge in [-0.05, 0) is 25.1 Å². The van der Waals surface area contributed by atoms with Crippen molar-refractivity contribution in [1.82, 2.24) is 5.32 Å². The zero-order chi connectivity index (χ0) is 12.7. The van der Waals surface area contributed by atoms with Gasteiger partial charge in [-0.1, -0.05) is 30.9 Å². The second-order valence-electron chi connectivity index (χ2n) is 3.22. The molecule has 0 atom stereocenters. The second kappa shape index (κ2) is 6.27. The number of hydrogen-bond acceptors (Lipinski definition) is 2. The van der Waals surface area contributed by atoms with Gasteiger partial charge in [-0.2, -0.15) is 0 Å². The van der Waals surface area contributed by atoms with Gasteiger partial charge in [0.15, 0.2) is 0 Å². The van der Waals surface area contributed by atoms with E-state index < -0.39 is 11.8 Å². The van der Waals surface area contributed by atoms with Crippen molar-refractivity contribution in [3.8, 4) is 0 Å². The number of rotatable bonds is 3. The molecule has 1 rings (SSSR count). The van der Waals surface area contributed by atoms with Gasteiger partial charge >= 0.3 is 11.8 Å². The van der Waals surface area contributed by atoms with Crippen molar-refractivity contribution in [2.24, 2.45) is 0 Å². The van der Waals surface area contributed by atoms with Gasteiger partial charge in [-0.15, -0.1) is 0 Å². The number of carbonyl (C=O) groups is 2. The average Bonchev–Trinajstić information content (AvgIpc) is 2.36. The van der Waals surface area contributed by atoms with Gasteiger partial charge in [0.1, 0.15) is 0 Å². The molecule has 88 valence electrons. The van der Waals surface area contributed by atoms with E-state index in [9.17, 15) is 9.59 Å². The lowest BCUT2D eigenvalue weighted by Gasteiger charge is -2.06. The Hall–Kier alpha value is -2.36. The maximum atomic E-state index is 11.5. The Morgan fingerprint density at radius 1 is 1.18 bits per heavy atom. The van der Waals surface area contributed by atoms with Crippen LogP contribution in [0.5, 0.6) is 0 Å². The molecule has 4 heteroatoms. The van der Waals surface area contributed by atoms with Crippen LogP contribution < -0.4 is 10.6 Å². The van der Waals surface area contributed by atoms with E-state index in [4.69, 9.17) is 0 Å². The summed E-state index contributed by atoms with van der Waals surface area (Å²) in [6.45, 7) is 5.26. The van der Waals surface area contributed by atoms with Crippen LogP contribution in [0.1, 0.15) is 6.92 Å². The summed E-state index contributed by atoms with van der Waals surface area (Å²) in [5.74, 6) is -1.43. The van der Waals surface area contributed by atoms with Crippen LogP contribution in [-0.4, -0.2) is 11.8 Å². The average molecular weight is 230 g/mol. The first-order valence-electron chi connectivity index (χ1n) is 5.13. The molecule has 2 amide bonds. The van der Waals surface area contributed by atoms with E-state index in [1.54, 1.807) is 37.3 Å². The Labute approximate surface area is 100 Å². The Bertz CT molecular complexity index is 450. The molecule has 0 radical (unpaired) electrons. The predicted molar refractivity (Wildman–Crippen MR) is 67.2 cm³/mol. The van der Waals surface area contributed by atoms with E-state index >= 15 is 0 Å². The number of para-hydroxylation sites is 1. The van der Waals surface area contributed by atoms with E-state index in [0.29, 0.717) is 11.4 Å². The third-order valence-electron chi connectivity index (χ3n) is 2.03. The zero-order valence-corrected chi connectivity index (χ0v) is 9.57. The van der Waals surface area contributed by atoms with E-state index in [1.807, 2.05) is 6.07 Å². The molecule has 2 N–H and O–H groups in total. The summed E-state index contributed by atoms with van der Waals surface area (Å²) in [5.41, 5.74) is 1.08. The predicted octanol–water partition coefficient (Wildman–Crippen LogP) is 1.83. The van der Waals surface area contributed by atoms with Gasteiger partial charge in [0, 0.05) is 11.4 Å². The van der Waals surface area contributed by atoms with Gasteiger partial charge in [0.2, 0.25) is 0 Å². The Morgan fingerprint density at radius 2 is 1.82 bits per heavy atom. The van der Waals surface area contributed by atoms with Gasteiger partial charge < -0.3 is 10.6 Å². The summed E-state index contributed by atoms with van der Waals surface area (Å²) in [6, 6.07) is 8.78. The topological polar surface area (TPSA) is 58.2 Å². The highest BCUT2D eigenvalue weighted by molar-refractivity contribution is 6.40. The molecular weight excluding hydrogens is 216 g/mol. The number of carbonyl (C=O) groups excluding carboxylic acids is 2. The Balaban J connectivity index is 2.60. The van der Waals surface area contributed by atoms with Crippen LogP contribution in [-0.2, 0) is 9.59 Å². The van der Waals surface area contributed by atoms with E-state index in [0.717, 1.165) is 0 Å². The van der Waals surface area contributed by atoms with E-state index in [2.05, 4.69) is 17.2 Å². The van der Waals surface area contributed by atoms with Crippen LogP contribution in [0.15, 0.2) is 54.8 Å².